The van der Waals surface area contributed by atoms with Crippen LogP contribution in [0.3, 0.4) is 0 Å². The molecule has 0 radical (unpaired) electrons. The van der Waals surface area contributed by atoms with Crippen LogP contribution in [0.2, 0.25) is 0 Å². The fraction of sp³-hybridized carbons (Fsp3) is 0.250. The first-order valence-electron chi connectivity index (χ1n) is 8.28. The monoisotopic (exact) mass is 342 g/mol. The van der Waals surface area contributed by atoms with Gasteiger partial charge in [0.05, 0.1) is 16.8 Å². The molecule has 0 bridgehead atoms. The van der Waals surface area contributed by atoms with Gasteiger partial charge in [0.2, 0.25) is 0 Å². The number of fused-ring (bicyclic) bond motifs is 2. The number of benzene rings is 2. The largest absolute Gasteiger partial charge is 0.416 e. The zero-order valence-corrected chi connectivity index (χ0v) is 13.7. The van der Waals surface area contributed by atoms with Crippen LogP contribution in [0, 0.1) is 6.92 Å². The summed E-state index contributed by atoms with van der Waals surface area (Å²) in [6.07, 6.45) is -1.52. The van der Waals surface area contributed by atoms with E-state index in [1.54, 1.807) is 6.07 Å². The third-order valence-corrected chi connectivity index (χ3v) is 4.63. The molecule has 3 aromatic rings. The predicted octanol–water partition coefficient (Wildman–Crippen LogP) is 5.79. The molecule has 1 aliphatic carbocycles. The van der Waals surface area contributed by atoms with E-state index in [-0.39, 0.29) is 0 Å². The number of aryl methyl sites for hydroxylation is 2. The molecule has 0 amide bonds. The summed E-state index contributed by atoms with van der Waals surface area (Å²) in [5.74, 6) is 0. The zero-order chi connectivity index (χ0) is 17.6. The van der Waals surface area contributed by atoms with E-state index in [1.165, 1.54) is 6.07 Å². The van der Waals surface area contributed by atoms with Gasteiger partial charge in [0, 0.05) is 16.8 Å². The van der Waals surface area contributed by atoms with E-state index in [9.17, 15) is 13.2 Å². The summed E-state index contributed by atoms with van der Waals surface area (Å²) in [6, 6.07) is 11.4. The van der Waals surface area contributed by atoms with Crippen molar-refractivity contribution in [1.29, 1.82) is 0 Å². The Morgan fingerprint density at radius 2 is 1.88 bits per heavy atom. The number of aromatic nitrogens is 1. The molecule has 0 aliphatic heterocycles. The number of hydrogen-bond donors (Lipinski definition) is 1. The van der Waals surface area contributed by atoms with Crippen LogP contribution in [0.5, 0.6) is 0 Å². The van der Waals surface area contributed by atoms with Gasteiger partial charge in [-0.15, -0.1) is 0 Å². The molecular weight excluding hydrogens is 325 g/mol. The maximum Gasteiger partial charge on any atom is 0.416 e. The number of hydrogen-bond acceptors (Lipinski definition) is 2. The van der Waals surface area contributed by atoms with Crippen molar-refractivity contribution >= 4 is 22.3 Å². The highest BCUT2D eigenvalue weighted by molar-refractivity contribution is 5.96. The molecule has 2 nitrogen and oxygen atoms in total. The third kappa shape index (κ3) is 2.95. The first kappa shape index (κ1) is 15.9. The lowest BCUT2D eigenvalue weighted by molar-refractivity contribution is -0.137. The first-order valence-corrected chi connectivity index (χ1v) is 8.28. The number of alkyl halides is 3. The first-order chi connectivity index (χ1) is 11.9. The van der Waals surface area contributed by atoms with Crippen LogP contribution in [0.4, 0.5) is 24.5 Å². The smallest absolute Gasteiger partial charge is 0.355 e. The van der Waals surface area contributed by atoms with Crippen molar-refractivity contribution in [2.75, 3.05) is 5.32 Å². The van der Waals surface area contributed by atoms with Crippen molar-refractivity contribution in [3.63, 3.8) is 0 Å². The van der Waals surface area contributed by atoms with E-state index in [0.717, 1.165) is 64.8 Å². The van der Waals surface area contributed by atoms with Crippen LogP contribution in [0.25, 0.3) is 10.9 Å². The number of halogens is 3. The summed E-state index contributed by atoms with van der Waals surface area (Å²) in [4.78, 5) is 4.74. The van der Waals surface area contributed by atoms with Crippen molar-refractivity contribution in [2.24, 2.45) is 0 Å². The number of pyridine rings is 1. The second kappa shape index (κ2) is 5.76. The van der Waals surface area contributed by atoms with Gasteiger partial charge in [0.1, 0.15) is 0 Å². The fourth-order valence-corrected chi connectivity index (χ4v) is 3.44. The summed E-state index contributed by atoms with van der Waals surface area (Å²) >= 11 is 0. The number of nitrogens with one attached hydrogen (secondary N) is 1. The highest BCUT2D eigenvalue weighted by atomic mass is 19.4. The molecule has 0 saturated heterocycles. The number of nitrogens with zero attached hydrogens (tertiary/aromatic N) is 1. The van der Waals surface area contributed by atoms with Gasteiger partial charge >= 0.3 is 6.18 Å². The normalized spacial score (nSPS) is 13.9. The summed E-state index contributed by atoms with van der Waals surface area (Å²) in [5, 5.41) is 4.20. The standard InChI is InChI=1S/C20H17F3N2/c1-12-8-9-18-16(10-12)19(15-6-3-7-17(15)25-18)24-14-5-2-4-13(11-14)20(21,22)23/h2,4-5,8-11H,3,6-7H2,1H3,(H,24,25). The fourth-order valence-electron chi connectivity index (χ4n) is 3.44. The Morgan fingerprint density at radius 1 is 1.04 bits per heavy atom. The van der Waals surface area contributed by atoms with E-state index in [1.807, 2.05) is 25.1 Å². The Labute approximate surface area is 143 Å². The highest BCUT2D eigenvalue weighted by Crippen LogP contribution is 2.37. The van der Waals surface area contributed by atoms with Crippen molar-refractivity contribution in [3.8, 4) is 0 Å². The number of rotatable bonds is 2. The van der Waals surface area contributed by atoms with Gasteiger partial charge in [-0.2, -0.15) is 13.2 Å². The molecule has 0 spiro atoms. The van der Waals surface area contributed by atoms with Crippen LogP contribution >= 0.6 is 0 Å². The van der Waals surface area contributed by atoms with Gasteiger partial charge in [-0.3, -0.25) is 4.98 Å². The minimum Gasteiger partial charge on any atom is -0.355 e. The van der Waals surface area contributed by atoms with E-state index in [4.69, 9.17) is 4.98 Å². The van der Waals surface area contributed by atoms with Gasteiger partial charge in [0.25, 0.3) is 0 Å². The second-order valence-corrected chi connectivity index (χ2v) is 6.49. The van der Waals surface area contributed by atoms with Gasteiger partial charge < -0.3 is 5.32 Å². The van der Waals surface area contributed by atoms with E-state index >= 15 is 0 Å². The lowest BCUT2D eigenvalue weighted by Gasteiger charge is -2.16. The van der Waals surface area contributed by atoms with E-state index in [0.29, 0.717) is 5.69 Å². The maximum absolute atomic E-state index is 13.0. The molecule has 1 N–H and O–H groups in total. The molecule has 4 rings (SSSR count). The molecule has 0 atom stereocenters. The van der Waals surface area contributed by atoms with Crippen LogP contribution in [-0.2, 0) is 19.0 Å². The summed E-state index contributed by atoms with van der Waals surface area (Å²) in [6.45, 7) is 2.00. The molecule has 1 heterocycles. The molecule has 0 saturated carbocycles. The van der Waals surface area contributed by atoms with Crippen molar-refractivity contribution in [3.05, 3.63) is 64.8 Å². The van der Waals surface area contributed by atoms with Gasteiger partial charge in [0.15, 0.2) is 0 Å². The maximum atomic E-state index is 13.0. The molecule has 5 heteroatoms. The molecule has 1 aliphatic rings. The van der Waals surface area contributed by atoms with Crippen molar-refractivity contribution < 1.29 is 13.2 Å². The van der Waals surface area contributed by atoms with Crippen LogP contribution in [0.1, 0.15) is 28.8 Å². The summed E-state index contributed by atoms with van der Waals surface area (Å²) < 4.78 is 39.0. The Hall–Kier alpha value is -2.56. The quantitative estimate of drug-likeness (QED) is 0.637. The van der Waals surface area contributed by atoms with Gasteiger partial charge in [-0.25, -0.2) is 0 Å². The molecular formula is C20H17F3N2. The highest BCUT2D eigenvalue weighted by Gasteiger charge is 2.30. The minimum absolute atomic E-state index is 0.443. The van der Waals surface area contributed by atoms with Crippen LogP contribution < -0.4 is 5.32 Å². The SMILES string of the molecule is Cc1ccc2nc3c(c(Nc4cccc(C(F)(F)F)c4)c2c1)CCC3. The third-order valence-electron chi connectivity index (χ3n) is 4.63. The molecule has 0 fully saturated rings. The zero-order valence-electron chi connectivity index (χ0n) is 13.7. The van der Waals surface area contributed by atoms with Crippen molar-refractivity contribution in [2.45, 2.75) is 32.4 Å². The topological polar surface area (TPSA) is 24.9 Å². The van der Waals surface area contributed by atoms with Gasteiger partial charge in [-0.1, -0.05) is 17.7 Å². The Kier molecular flexibility index (Phi) is 3.67. The molecule has 2 aromatic carbocycles. The summed E-state index contributed by atoms with van der Waals surface area (Å²) in [5.41, 5.74) is 4.82. The van der Waals surface area contributed by atoms with E-state index in [2.05, 4.69) is 5.32 Å². The van der Waals surface area contributed by atoms with E-state index < -0.39 is 11.7 Å². The lowest BCUT2D eigenvalue weighted by Crippen LogP contribution is -2.06. The second-order valence-electron chi connectivity index (χ2n) is 6.49. The average molecular weight is 342 g/mol. The van der Waals surface area contributed by atoms with Crippen molar-refractivity contribution in [1.82, 2.24) is 4.98 Å². The number of anilines is 2. The molecule has 1 aromatic heterocycles. The Bertz CT molecular complexity index is 961. The lowest BCUT2D eigenvalue weighted by atomic mass is 10.0. The Balaban J connectivity index is 1.85. The predicted molar refractivity (Wildman–Crippen MR) is 93.2 cm³/mol. The minimum atomic E-state index is -4.35. The average Bonchev–Trinajstić information content (AvgIpc) is 3.03. The van der Waals surface area contributed by atoms with Crippen LogP contribution in [0.15, 0.2) is 42.5 Å². The molecule has 128 valence electrons. The summed E-state index contributed by atoms with van der Waals surface area (Å²) in [7, 11) is 0. The Morgan fingerprint density at radius 3 is 2.68 bits per heavy atom. The molecule has 0 unspecified atom stereocenters. The van der Waals surface area contributed by atoms with Gasteiger partial charge in [-0.05, 0) is 62.1 Å². The molecule has 25 heavy (non-hydrogen) atoms. The van der Waals surface area contributed by atoms with Crippen LogP contribution in [-0.4, -0.2) is 4.98 Å².